The van der Waals surface area contributed by atoms with Gasteiger partial charge in [-0.2, -0.15) is 0 Å². The highest BCUT2D eigenvalue weighted by atomic mass is 35.5. The summed E-state index contributed by atoms with van der Waals surface area (Å²) in [5, 5.41) is 3.01. The van der Waals surface area contributed by atoms with Gasteiger partial charge in [0.2, 0.25) is 15.9 Å². The zero-order valence-corrected chi connectivity index (χ0v) is 19.8. The molecule has 1 fully saturated rings. The number of rotatable bonds is 8. The van der Waals surface area contributed by atoms with Gasteiger partial charge in [0.1, 0.15) is 10.6 Å². The molecule has 3 N–H and O–H groups in total. The van der Waals surface area contributed by atoms with Crippen LogP contribution >= 0.6 is 11.6 Å². The molecule has 1 saturated heterocycles. The van der Waals surface area contributed by atoms with E-state index in [9.17, 15) is 18.0 Å². The molecule has 11 heteroatoms. The van der Waals surface area contributed by atoms with Crippen LogP contribution in [-0.2, 0) is 14.8 Å². The quantitative estimate of drug-likeness (QED) is 0.534. The number of aromatic nitrogens is 1. The number of sulfonamides is 1. The molecule has 1 aromatic heterocycles. The number of methoxy groups -OCH3 is 1. The molecule has 1 aliphatic heterocycles. The molecule has 0 radical (unpaired) electrons. The minimum atomic E-state index is -4.01. The van der Waals surface area contributed by atoms with Crippen molar-refractivity contribution >= 4 is 39.1 Å². The molecule has 3 rings (SSSR count). The van der Waals surface area contributed by atoms with Crippen molar-refractivity contribution in [1.29, 1.82) is 0 Å². The highest BCUT2D eigenvalue weighted by molar-refractivity contribution is 7.89. The number of hydrogen-bond donors (Lipinski definition) is 3. The number of hydrogen-bond acceptors (Lipinski definition) is 5. The van der Waals surface area contributed by atoms with Gasteiger partial charge in [0.05, 0.1) is 17.7 Å². The first-order valence-corrected chi connectivity index (χ1v) is 12.1. The van der Waals surface area contributed by atoms with Crippen LogP contribution in [0.4, 0.5) is 5.69 Å². The highest BCUT2D eigenvalue weighted by Crippen LogP contribution is 2.28. The number of aryl methyl sites for hydroxylation is 2. The maximum absolute atomic E-state index is 13.0. The Balaban J connectivity index is 1.66. The minimum absolute atomic E-state index is 0.0609. The summed E-state index contributed by atoms with van der Waals surface area (Å²) < 4.78 is 33.5. The number of aromatic amines is 1. The number of amides is 2. The second kappa shape index (κ2) is 9.93. The summed E-state index contributed by atoms with van der Waals surface area (Å²) >= 11 is 6.05. The molecule has 1 aromatic carbocycles. The second-order valence-electron chi connectivity index (χ2n) is 7.62. The van der Waals surface area contributed by atoms with E-state index in [1.165, 1.54) is 7.11 Å². The SMILES string of the molecule is COc1ccc(NC(=O)CCNS(=O)(=O)c2c(C)[nH]c(C)c2C(=O)N2CCCC2)cc1Cl. The molecule has 2 aromatic rings. The van der Waals surface area contributed by atoms with Crippen molar-refractivity contribution < 1.29 is 22.7 Å². The number of H-pyrrole nitrogens is 1. The first kappa shape index (κ1) is 24.1. The molecule has 32 heavy (non-hydrogen) atoms. The van der Waals surface area contributed by atoms with Crippen LogP contribution in [0.25, 0.3) is 0 Å². The van der Waals surface area contributed by atoms with Gasteiger partial charge in [-0.25, -0.2) is 13.1 Å². The number of carbonyl (C=O) groups excluding carboxylic acids is 2. The van der Waals surface area contributed by atoms with E-state index in [0.717, 1.165) is 12.8 Å². The van der Waals surface area contributed by atoms with Crippen molar-refractivity contribution in [2.24, 2.45) is 0 Å². The van der Waals surface area contributed by atoms with Gasteiger partial charge in [-0.05, 0) is 44.9 Å². The Labute approximate surface area is 192 Å². The molecule has 0 atom stereocenters. The third-order valence-electron chi connectivity index (χ3n) is 5.27. The fraction of sp³-hybridized carbons (Fsp3) is 0.429. The van der Waals surface area contributed by atoms with Crippen molar-refractivity contribution in [2.45, 2.75) is 38.0 Å². The average Bonchev–Trinajstić information content (AvgIpc) is 3.35. The number of nitrogens with one attached hydrogen (secondary N) is 3. The Morgan fingerprint density at radius 3 is 2.50 bits per heavy atom. The van der Waals surface area contributed by atoms with Crippen molar-refractivity contribution in [3.63, 3.8) is 0 Å². The summed E-state index contributed by atoms with van der Waals surface area (Å²) in [7, 11) is -2.52. The summed E-state index contributed by atoms with van der Waals surface area (Å²) in [6.45, 7) is 4.40. The number of nitrogens with zero attached hydrogens (tertiary/aromatic N) is 1. The molecule has 9 nitrogen and oxygen atoms in total. The topological polar surface area (TPSA) is 121 Å². The Morgan fingerprint density at radius 1 is 1.19 bits per heavy atom. The van der Waals surface area contributed by atoms with Crippen LogP contribution in [0.1, 0.15) is 41.0 Å². The van der Waals surface area contributed by atoms with E-state index in [-0.39, 0.29) is 35.2 Å². The lowest BCUT2D eigenvalue weighted by Crippen LogP contribution is -2.32. The van der Waals surface area contributed by atoms with Crippen LogP contribution in [0.3, 0.4) is 0 Å². The van der Waals surface area contributed by atoms with Crippen LogP contribution < -0.4 is 14.8 Å². The molecule has 1 aliphatic rings. The summed E-state index contributed by atoms with van der Waals surface area (Å²) in [5.41, 5.74) is 1.53. The van der Waals surface area contributed by atoms with E-state index in [1.807, 2.05) is 0 Å². The Morgan fingerprint density at radius 2 is 1.88 bits per heavy atom. The average molecular weight is 483 g/mol. The maximum Gasteiger partial charge on any atom is 0.257 e. The Hall–Kier alpha value is -2.56. The summed E-state index contributed by atoms with van der Waals surface area (Å²) in [4.78, 5) is 29.7. The van der Waals surface area contributed by atoms with Crippen LogP contribution in [0.15, 0.2) is 23.1 Å². The van der Waals surface area contributed by atoms with Crippen LogP contribution in [-0.4, -0.2) is 56.9 Å². The van der Waals surface area contributed by atoms with Crippen molar-refractivity contribution in [3.05, 3.63) is 40.2 Å². The number of benzene rings is 1. The van der Waals surface area contributed by atoms with Crippen LogP contribution in [0.2, 0.25) is 5.02 Å². The fourth-order valence-corrected chi connectivity index (χ4v) is 5.50. The van der Waals surface area contributed by atoms with E-state index in [0.29, 0.717) is 40.9 Å². The summed E-state index contributed by atoms with van der Waals surface area (Å²) in [6, 6.07) is 4.80. The lowest BCUT2D eigenvalue weighted by Gasteiger charge is -2.17. The van der Waals surface area contributed by atoms with Gasteiger partial charge >= 0.3 is 0 Å². The third-order valence-corrected chi connectivity index (χ3v) is 7.20. The number of anilines is 1. The number of likely N-dealkylation sites (tertiary alicyclic amines) is 1. The fourth-order valence-electron chi connectivity index (χ4n) is 3.77. The smallest absolute Gasteiger partial charge is 0.257 e. The van der Waals surface area contributed by atoms with Gasteiger partial charge in [-0.1, -0.05) is 11.6 Å². The summed E-state index contributed by atoms with van der Waals surface area (Å²) in [5.74, 6) is -0.197. The lowest BCUT2D eigenvalue weighted by molar-refractivity contribution is -0.116. The van der Waals surface area contributed by atoms with E-state index < -0.39 is 10.0 Å². The molecular formula is C21H27ClN4O5S. The van der Waals surface area contributed by atoms with Gasteiger partial charge in [0.15, 0.2) is 0 Å². The number of carbonyl (C=O) groups is 2. The highest BCUT2D eigenvalue weighted by Gasteiger charge is 2.32. The molecule has 0 bridgehead atoms. The van der Waals surface area contributed by atoms with Crippen molar-refractivity contribution in [3.8, 4) is 5.75 Å². The molecule has 2 heterocycles. The molecule has 174 valence electrons. The van der Waals surface area contributed by atoms with E-state index >= 15 is 0 Å². The number of ether oxygens (including phenoxy) is 1. The number of halogens is 1. The normalized spacial score (nSPS) is 13.9. The molecule has 2 amide bonds. The maximum atomic E-state index is 13.0. The molecular weight excluding hydrogens is 456 g/mol. The molecule has 0 aliphatic carbocycles. The monoisotopic (exact) mass is 482 g/mol. The predicted octanol–water partition coefficient (Wildman–Crippen LogP) is 2.84. The Bertz CT molecular complexity index is 1120. The third kappa shape index (κ3) is 5.25. The van der Waals surface area contributed by atoms with Crippen molar-refractivity contribution in [2.75, 3.05) is 32.1 Å². The van der Waals surface area contributed by atoms with Gasteiger partial charge in [-0.3, -0.25) is 9.59 Å². The molecule has 0 spiro atoms. The lowest BCUT2D eigenvalue weighted by atomic mass is 10.2. The zero-order chi connectivity index (χ0) is 23.5. The van der Waals surface area contributed by atoms with E-state index in [4.69, 9.17) is 16.3 Å². The Kier molecular flexibility index (Phi) is 7.47. The van der Waals surface area contributed by atoms with Gasteiger partial charge < -0.3 is 19.9 Å². The van der Waals surface area contributed by atoms with Gasteiger partial charge in [0.25, 0.3) is 5.91 Å². The zero-order valence-electron chi connectivity index (χ0n) is 18.2. The first-order chi connectivity index (χ1) is 15.1. The molecule has 0 saturated carbocycles. The van der Waals surface area contributed by atoms with E-state index in [1.54, 1.807) is 36.9 Å². The summed E-state index contributed by atoms with van der Waals surface area (Å²) in [6.07, 6.45) is 1.72. The minimum Gasteiger partial charge on any atom is -0.495 e. The van der Waals surface area contributed by atoms with Crippen LogP contribution in [0.5, 0.6) is 5.75 Å². The van der Waals surface area contributed by atoms with Gasteiger partial charge in [0, 0.05) is 43.1 Å². The largest absolute Gasteiger partial charge is 0.495 e. The van der Waals surface area contributed by atoms with E-state index in [2.05, 4.69) is 15.0 Å². The van der Waals surface area contributed by atoms with Crippen molar-refractivity contribution in [1.82, 2.24) is 14.6 Å². The predicted molar refractivity (Wildman–Crippen MR) is 122 cm³/mol. The van der Waals surface area contributed by atoms with Crippen LogP contribution in [0, 0.1) is 13.8 Å². The second-order valence-corrected chi connectivity index (χ2v) is 9.73. The molecule has 0 unspecified atom stereocenters. The van der Waals surface area contributed by atoms with Gasteiger partial charge in [-0.15, -0.1) is 0 Å². The standard InChI is InChI=1S/C21H27ClN4O5S/c1-13-19(21(28)26-10-4-5-11-26)20(14(2)24-13)32(29,30)23-9-8-18(27)25-15-6-7-17(31-3)16(22)12-15/h6-7,12,23-24H,4-5,8-11H2,1-3H3,(H,25,27). The first-order valence-electron chi connectivity index (χ1n) is 10.3.